The Morgan fingerprint density at radius 2 is 1.93 bits per heavy atom. The van der Waals surface area contributed by atoms with Gasteiger partial charge in [0, 0.05) is 10.8 Å². The van der Waals surface area contributed by atoms with Crippen LogP contribution in [0.15, 0.2) is 80.9 Å². The van der Waals surface area contributed by atoms with Crippen LogP contribution in [0.3, 0.4) is 0 Å². The molecule has 4 aromatic rings. The molecule has 1 unspecified atom stereocenters. The Morgan fingerprint density at radius 3 is 2.67 bits per heavy atom. The summed E-state index contributed by atoms with van der Waals surface area (Å²) in [7, 11) is 0. The Hall–Kier alpha value is -3.80. The van der Waals surface area contributed by atoms with E-state index in [9.17, 15) is 14.7 Å². The van der Waals surface area contributed by atoms with Gasteiger partial charge < -0.3 is 19.0 Å². The first kappa shape index (κ1) is 30.7. The number of Topliss-reactive ketones (excluding diaryl/α,β-unsaturated/α-hetero) is 1. The molecule has 0 fully saturated rings. The lowest BCUT2D eigenvalue weighted by Gasteiger charge is -2.24. The zero-order valence-electron chi connectivity index (χ0n) is 23.6. The second-order valence-corrected chi connectivity index (χ2v) is 12.2. The van der Waals surface area contributed by atoms with Gasteiger partial charge in [-0.15, -0.1) is 10.2 Å². The largest absolute Gasteiger partial charge is 0.503 e. The zero-order valence-corrected chi connectivity index (χ0v) is 26.0. The molecule has 224 valence electrons. The number of anilines is 1. The van der Waals surface area contributed by atoms with E-state index < -0.39 is 23.5 Å². The number of hydrogen-bond donors (Lipinski definition) is 1. The minimum atomic E-state index is -1.02. The van der Waals surface area contributed by atoms with Crippen LogP contribution in [0.5, 0.6) is 11.5 Å². The Bertz CT molecular complexity index is 1620. The average Bonchev–Trinajstić information content (AvgIpc) is 3.76. The molecule has 5 rings (SSSR count). The van der Waals surface area contributed by atoms with Crippen molar-refractivity contribution in [1.82, 2.24) is 10.2 Å². The molecule has 0 aliphatic carbocycles. The van der Waals surface area contributed by atoms with Crippen molar-refractivity contribution >= 4 is 51.5 Å². The molecule has 1 N–H and O–H groups in total. The number of thioether (sulfide) groups is 1. The van der Waals surface area contributed by atoms with Crippen LogP contribution >= 0.6 is 34.7 Å². The number of halogens is 1. The molecular formula is C31H30ClN3O6S2. The number of ether oxygens (including phenoxy) is 2. The molecule has 1 amide bonds. The Labute approximate surface area is 262 Å². The predicted molar refractivity (Wildman–Crippen MR) is 166 cm³/mol. The van der Waals surface area contributed by atoms with E-state index in [1.165, 1.54) is 40.3 Å². The maximum atomic E-state index is 13.6. The SMILES string of the molecule is CCCCCOc1ccc(C2C(C(=O)c3ccco3)=C(O)C(=O)N2c2nnc(SCc3ccccc3Cl)s2)cc1OCC. The number of aliphatic hydroxyl groups is 1. The molecule has 1 aliphatic rings. The Kier molecular flexibility index (Phi) is 10.1. The molecule has 43 heavy (non-hydrogen) atoms. The first-order valence-corrected chi connectivity index (χ1v) is 16.0. The molecule has 1 aliphatic heterocycles. The molecule has 2 aromatic carbocycles. The van der Waals surface area contributed by atoms with Crippen LogP contribution in [0.2, 0.25) is 5.02 Å². The number of carbonyl (C=O) groups excluding carboxylic acids is 2. The van der Waals surface area contributed by atoms with Gasteiger partial charge in [0.05, 0.1) is 31.1 Å². The molecule has 12 heteroatoms. The van der Waals surface area contributed by atoms with E-state index in [1.807, 2.05) is 31.2 Å². The highest BCUT2D eigenvalue weighted by Gasteiger charge is 2.47. The van der Waals surface area contributed by atoms with Crippen LogP contribution in [0, 0.1) is 0 Å². The quantitative estimate of drug-likeness (QED) is 0.0638. The second kappa shape index (κ2) is 14.1. The number of rotatable bonds is 14. The highest BCUT2D eigenvalue weighted by Crippen LogP contribution is 2.45. The third-order valence-electron chi connectivity index (χ3n) is 6.70. The lowest BCUT2D eigenvalue weighted by molar-refractivity contribution is -0.117. The Balaban J connectivity index is 1.50. The van der Waals surface area contributed by atoms with Gasteiger partial charge in [-0.05, 0) is 54.8 Å². The third-order valence-corrected chi connectivity index (χ3v) is 9.17. The second-order valence-electron chi connectivity index (χ2n) is 9.57. The van der Waals surface area contributed by atoms with Crippen molar-refractivity contribution in [3.05, 3.63) is 94.1 Å². The number of aromatic nitrogens is 2. The topological polar surface area (TPSA) is 115 Å². The number of carbonyl (C=O) groups is 2. The normalized spacial score (nSPS) is 14.9. The maximum absolute atomic E-state index is 13.6. The number of furan rings is 1. The van der Waals surface area contributed by atoms with E-state index in [2.05, 4.69) is 17.1 Å². The zero-order chi connectivity index (χ0) is 30.3. The van der Waals surface area contributed by atoms with Crippen LogP contribution in [0.1, 0.15) is 60.8 Å². The first-order valence-electron chi connectivity index (χ1n) is 13.9. The molecule has 0 bridgehead atoms. The fraction of sp³-hybridized carbons (Fsp3) is 0.290. The van der Waals surface area contributed by atoms with Gasteiger partial charge in [-0.1, -0.05) is 78.7 Å². The molecule has 0 radical (unpaired) electrons. The van der Waals surface area contributed by atoms with Crippen LogP contribution < -0.4 is 14.4 Å². The van der Waals surface area contributed by atoms with E-state index in [0.29, 0.717) is 45.4 Å². The molecule has 1 atom stereocenters. The third kappa shape index (κ3) is 6.74. The van der Waals surface area contributed by atoms with Crippen molar-refractivity contribution in [3.8, 4) is 11.5 Å². The number of amides is 1. The summed E-state index contributed by atoms with van der Waals surface area (Å²) in [4.78, 5) is 28.5. The standard InChI is InChI=1S/C31H30ClN3O6S2/c1-3-5-8-15-40-22-14-13-19(17-24(22)39-4-2)26-25(27(36)23-12-9-16-41-23)28(37)29(38)35(26)30-33-34-31(43-30)42-18-20-10-6-7-11-21(20)32/h6-7,9-14,16-17,26,37H,3-5,8,15,18H2,1-2H3. The number of nitrogens with zero attached hydrogens (tertiary/aromatic N) is 3. The van der Waals surface area contributed by atoms with Crippen molar-refractivity contribution < 1.29 is 28.6 Å². The maximum Gasteiger partial charge on any atom is 0.296 e. The molecule has 0 saturated carbocycles. The van der Waals surface area contributed by atoms with Gasteiger partial charge >= 0.3 is 0 Å². The van der Waals surface area contributed by atoms with Crippen LogP contribution in [0.4, 0.5) is 5.13 Å². The molecular weight excluding hydrogens is 610 g/mol. The summed E-state index contributed by atoms with van der Waals surface area (Å²) >= 11 is 8.91. The summed E-state index contributed by atoms with van der Waals surface area (Å²) in [6, 6.07) is 14.8. The van der Waals surface area contributed by atoms with E-state index in [-0.39, 0.29) is 16.5 Å². The van der Waals surface area contributed by atoms with Crippen molar-refractivity contribution in [2.45, 2.75) is 49.2 Å². The summed E-state index contributed by atoms with van der Waals surface area (Å²) in [5, 5.41) is 20.5. The van der Waals surface area contributed by atoms with E-state index >= 15 is 0 Å². The van der Waals surface area contributed by atoms with Crippen LogP contribution in [-0.2, 0) is 10.5 Å². The van der Waals surface area contributed by atoms with Gasteiger partial charge in [0.25, 0.3) is 5.91 Å². The smallest absolute Gasteiger partial charge is 0.296 e. The molecule has 3 heterocycles. The van der Waals surface area contributed by atoms with Crippen molar-refractivity contribution in [2.24, 2.45) is 0 Å². The summed E-state index contributed by atoms with van der Waals surface area (Å²) in [6.07, 6.45) is 4.38. The highest BCUT2D eigenvalue weighted by molar-refractivity contribution is 8.00. The number of ketones is 1. The molecule has 0 spiro atoms. The van der Waals surface area contributed by atoms with Gasteiger partial charge in [-0.2, -0.15) is 0 Å². The summed E-state index contributed by atoms with van der Waals surface area (Å²) in [6.45, 7) is 4.89. The van der Waals surface area contributed by atoms with E-state index in [0.717, 1.165) is 24.8 Å². The van der Waals surface area contributed by atoms with Gasteiger partial charge in [-0.25, -0.2) is 0 Å². The lowest BCUT2D eigenvalue weighted by Crippen LogP contribution is -2.31. The summed E-state index contributed by atoms with van der Waals surface area (Å²) in [5.74, 6) is -0.489. The van der Waals surface area contributed by atoms with Crippen molar-refractivity contribution in [2.75, 3.05) is 18.1 Å². The van der Waals surface area contributed by atoms with Gasteiger partial charge in [-0.3, -0.25) is 14.5 Å². The average molecular weight is 640 g/mol. The fourth-order valence-electron chi connectivity index (χ4n) is 4.62. The van der Waals surface area contributed by atoms with Crippen molar-refractivity contribution in [3.63, 3.8) is 0 Å². The van der Waals surface area contributed by atoms with E-state index in [4.69, 9.17) is 25.5 Å². The lowest BCUT2D eigenvalue weighted by atomic mass is 9.95. The predicted octanol–water partition coefficient (Wildman–Crippen LogP) is 7.83. The van der Waals surface area contributed by atoms with Crippen molar-refractivity contribution in [1.29, 1.82) is 0 Å². The van der Waals surface area contributed by atoms with Gasteiger partial charge in [0.2, 0.25) is 10.9 Å². The van der Waals surface area contributed by atoms with E-state index in [1.54, 1.807) is 24.3 Å². The first-order chi connectivity index (χ1) is 20.9. The van der Waals surface area contributed by atoms with Crippen LogP contribution in [0.25, 0.3) is 0 Å². The molecule has 2 aromatic heterocycles. The van der Waals surface area contributed by atoms with Gasteiger partial charge in [0.15, 0.2) is 27.4 Å². The fourth-order valence-corrected chi connectivity index (χ4v) is 6.77. The number of hydrogen-bond acceptors (Lipinski definition) is 10. The Morgan fingerprint density at radius 1 is 1.09 bits per heavy atom. The minimum Gasteiger partial charge on any atom is -0.503 e. The summed E-state index contributed by atoms with van der Waals surface area (Å²) in [5.41, 5.74) is 1.34. The number of unbranched alkanes of at least 4 members (excludes halogenated alkanes) is 2. The summed E-state index contributed by atoms with van der Waals surface area (Å²) < 4.78 is 17.8. The van der Waals surface area contributed by atoms with Crippen LogP contribution in [-0.4, -0.2) is 40.2 Å². The number of aliphatic hydroxyl groups excluding tert-OH is 1. The molecule has 0 saturated heterocycles. The monoisotopic (exact) mass is 639 g/mol. The number of benzene rings is 2. The minimum absolute atomic E-state index is 0.00430. The van der Waals surface area contributed by atoms with Gasteiger partial charge in [0.1, 0.15) is 0 Å². The highest BCUT2D eigenvalue weighted by atomic mass is 35.5. The molecule has 9 nitrogen and oxygen atoms in total.